The Morgan fingerprint density at radius 1 is 0.971 bits per heavy atom. The lowest BCUT2D eigenvalue weighted by Crippen LogP contribution is -2.21. The Kier molecular flexibility index (Phi) is 7.96. The molecular weight excluding hydrogens is 500 g/mol. The maximum Gasteiger partial charge on any atom is 0.573 e. The molecule has 6 nitrogen and oxygen atoms in total. The molecule has 0 bridgehead atoms. The van der Waals surface area contributed by atoms with Crippen molar-refractivity contribution in [3.05, 3.63) is 59.1 Å². The van der Waals surface area contributed by atoms with Crippen LogP contribution in [0.1, 0.15) is 5.56 Å². The van der Waals surface area contributed by atoms with E-state index in [4.69, 9.17) is 11.6 Å². The monoisotopic (exact) mass is 519 g/mol. The van der Waals surface area contributed by atoms with Crippen LogP contribution >= 0.6 is 11.6 Å². The summed E-state index contributed by atoms with van der Waals surface area (Å²) >= 11 is 6.03. The van der Waals surface area contributed by atoms with Gasteiger partial charge in [-0.15, -0.1) is 13.2 Å². The molecule has 1 heterocycles. The van der Waals surface area contributed by atoms with Crippen molar-refractivity contribution >= 4 is 29.1 Å². The SMILES string of the molecule is CN(C)CCNc1nc(Nc2ccc(C(F)(F)F)cc2Cl)cc(-c2cccc(OC(F)(F)F)c2)n1. The molecule has 0 aliphatic heterocycles. The summed E-state index contributed by atoms with van der Waals surface area (Å²) in [6.07, 6.45) is -9.42. The van der Waals surface area contributed by atoms with Gasteiger partial charge in [-0.05, 0) is 44.4 Å². The van der Waals surface area contributed by atoms with Gasteiger partial charge < -0.3 is 20.3 Å². The zero-order valence-corrected chi connectivity index (χ0v) is 19.2. The predicted molar refractivity (Wildman–Crippen MR) is 121 cm³/mol. The van der Waals surface area contributed by atoms with Gasteiger partial charge in [-0.25, -0.2) is 4.98 Å². The minimum absolute atomic E-state index is 0.150. The van der Waals surface area contributed by atoms with Crippen molar-refractivity contribution < 1.29 is 31.1 Å². The molecule has 0 spiro atoms. The summed E-state index contributed by atoms with van der Waals surface area (Å²) in [5.74, 6) is -0.126. The molecule has 0 aliphatic rings. The molecule has 0 saturated heterocycles. The third kappa shape index (κ3) is 7.89. The van der Waals surface area contributed by atoms with Crippen molar-refractivity contribution in [2.45, 2.75) is 12.5 Å². The second kappa shape index (κ2) is 10.6. The van der Waals surface area contributed by atoms with Gasteiger partial charge in [0.15, 0.2) is 0 Å². The largest absolute Gasteiger partial charge is 0.573 e. The minimum Gasteiger partial charge on any atom is -0.406 e. The topological polar surface area (TPSA) is 62.3 Å². The molecule has 0 unspecified atom stereocenters. The van der Waals surface area contributed by atoms with Crippen LogP contribution in [0.2, 0.25) is 5.02 Å². The van der Waals surface area contributed by atoms with Crippen molar-refractivity contribution in [3.63, 3.8) is 0 Å². The predicted octanol–water partition coefficient (Wildman–Crippen LogP) is 6.43. The first kappa shape index (κ1) is 26.4. The third-order valence-corrected chi connectivity index (χ3v) is 4.80. The Morgan fingerprint density at radius 2 is 1.71 bits per heavy atom. The Labute approximate surface area is 201 Å². The fourth-order valence-electron chi connectivity index (χ4n) is 2.91. The van der Waals surface area contributed by atoms with Gasteiger partial charge in [-0.2, -0.15) is 18.2 Å². The number of aromatic nitrogens is 2. The Balaban J connectivity index is 1.96. The van der Waals surface area contributed by atoms with E-state index < -0.39 is 23.9 Å². The van der Waals surface area contributed by atoms with E-state index in [-0.39, 0.29) is 28.2 Å². The smallest absolute Gasteiger partial charge is 0.406 e. The number of rotatable bonds is 8. The van der Waals surface area contributed by atoms with Crippen LogP contribution in [0.15, 0.2) is 48.5 Å². The lowest BCUT2D eigenvalue weighted by Gasteiger charge is -2.15. The zero-order chi connectivity index (χ0) is 25.8. The third-order valence-electron chi connectivity index (χ3n) is 4.49. The van der Waals surface area contributed by atoms with Crippen LogP contribution in [-0.4, -0.2) is 48.4 Å². The van der Waals surface area contributed by atoms with E-state index in [1.54, 1.807) is 0 Å². The van der Waals surface area contributed by atoms with Crippen LogP contribution in [0.3, 0.4) is 0 Å². The van der Waals surface area contributed by atoms with Crippen LogP contribution in [0.4, 0.5) is 43.8 Å². The van der Waals surface area contributed by atoms with Crippen molar-refractivity contribution in [2.24, 2.45) is 0 Å². The molecular formula is C22H20ClF6N5O. The van der Waals surface area contributed by atoms with E-state index in [1.807, 2.05) is 19.0 Å². The Hall–Kier alpha value is -3.25. The van der Waals surface area contributed by atoms with Crippen molar-refractivity contribution in [1.29, 1.82) is 0 Å². The summed E-state index contributed by atoms with van der Waals surface area (Å²) in [6, 6.07) is 9.44. The lowest BCUT2D eigenvalue weighted by molar-refractivity contribution is -0.274. The Bertz CT molecular complexity index is 1170. The van der Waals surface area contributed by atoms with Gasteiger partial charge in [0.05, 0.1) is 22.0 Å². The van der Waals surface area contributed by atoms with Crippen LogP contribution in [0.25, 0.3) is 11.3 Å². The first-order valence-corrected chi connectivity index (χ1v) is 10.5. The number of likely N-dealkylation sites (N-methyl/N-ethyl adjacent to an activating group) is 1. The highest BCUT2D eigenvalue weighted by molar-refractivity contribution is 6.33. The molecule has 13 heteroatoms. The van der Waals surface area contributed by atoms with Gasteiger partial charge in [0, 0.05) is 24.7 Å². The molecule has 3 rings (SSSR count). The summed E-state index contributed by atoms with van der Waals surface area (Å²) in [4.78, 5) is 10.6. The highest BCUT2D eigenvalue weighted by Crippen LogP contribution is 2.35. The van der Waals surface area contributed by atoms with Gasteiger partial charge >= 0.3 is 12.5 Å². The van der Waals surface area contributed by atoms with E-state index in [1.165, 1.54) is 18.2 Å². The summed E-state index contributed by atoms with van der Waals surface area (Å²) < 4.78 is 80.7. The molecule has 0 amide bonds. The lowest BCUT2D eigenvalue weighted by atomic mass is 10.1. The second-order valence-corrected chi connectivity index (χ2v) is 7.99. The highest BCUT2D eigenvalue weighted by atomic mass is 35.5. The van der Waals surface area contributed by atoms with E-state index in [9.17, 15) is 26.3 Å². The molecule has 0 fully saturated rings. The molecule has 2 aromatic carbocycles. The van der Waals surface area contributed by atoms with Crippen molar-refractivity contribution in [2.75, 3.05) is 37.8 Å². The average Bonchev–Trinajstić information content (AvgIpc) is 2.73. The summed E-state index contributed by atoms with van der Waals surface area (Å²) in [6.45, 7) is 1.09. The number of anilines is 3. The fourth-order valence-corrected chi connectivity index (χ4v) is 3.14. The maximum absolute atomic E-state index is 12.9. The number of ether oxygens (including phenoxy) is 1. The quantitative estimate of drug-likeness (QED) is 0.334. The molecule has 3 aromatic rings. The first-order chi connectivity index (χ1) is 16.3. The number of benzene rings is 2. The van der Waals surface area contributed by atoms with E-state index in [0.29, 0.717) is 18.7 Å². The maximum atomic E-state index is 12.9. The van der Waals surface area contributed by atoms with E-state index in [2.05, 4.69) is 25.3 Å². The van der Waals surface area contributed by atoms with Crippen LogP contribution < -0.4 is 15.4 Å². The van der Waals surface area contributed by atoms with Crippen molar-refractivity contribution in [3.8, 4) is 17.0 Å². The number of nitrogens with one attached hydrogen (secondary N) is 2. The molecule has 1 aromatic heterocycles. The number of halogens is 7. The highest BCUT2D eigenvalue weighted by Gasteiger charge is 2.32. The van der Waals surface area contributed by atoms with Gasteiger partial charge in [0.25, 0.3) is 0 Å². The molecule has 0 aliphatic carbocycles. The average molecular weight is 520 g/mol. The summed E-state index contributed by atoms with van der Waals surface area (Å²) in [5.41, 5.74) is -0.224. The number of hydrogen-bond acceptors (Lipinski definition) is 6. The van der Waals surface area contributed by atoms with Gasteiger partial charge in [0.2, 0.25) is 5.95 Å². The summed E-state index contributed by atoms with van der Waals surface area (Å²) in [7, 11) is 3.73. The second-order valence-electron chi connectivity index (χ2n) is 7.59. The molecule has 35 heavy (non-hydrogen) atoms. The standard InChI is InChI=1S/C22H20ClF6N5O/c1-34(2)9-8-30-20-32-18(13-4-3-5-15(10-13)35-22(27,28)29)12-19(33-20)31-17-7-6-14(11-16(17)23)21(24,25)26/h3-7,10-12H,8-9H2,1-2H3,(H2,30,31,32,33). The first-order valence-electron chi connectivity index (χ1n) is 10.1. The molecule has 2 N–H and O–H groups in total. The Morgan fingerprint density at radius 3 is 2.34 bits per heavy atom. The van der Waals surface area contributed by atoms with E-state index in [0.717, 1.165) is 30.3 Å². The number of nitrogens with zero attached hydrogens (tertiary/aromatic N) is 3. The molecule has 0 saturated carbocycles. The number of hydrogen-bond donors (Lipinski definition) is 2. The molecule has 188 valence electrons. The molecule has 0 radical (unpaired) electrons. The van der Waals surface area contributed by atoms with Gasteiger partial charge in [-0.3, -0.25) is 0 Å². The minimum atomic E-state index is -4.87. The van der Waals surface area contributed by atoms with E-state index >= 15 is 0 Å². The zero-order valence-electron chi connectivity index (χ0n) is 18.4. The van der Waals surface area contributed by atoms with Gasteiger partial charge in [0.1, 0.15) is 11.6 Å². The normalized spacial score (nSPS) is 12.1. The van der Waals surface area contributed by atoms with Crippen molar-refractivity contribution in [1.82, 2.24) is 14.9 Å². The van der Waals surface area contributed by atoms with Crippen LogP contribution in [0.5, 0.6) is 5.75 Å². The van der Waals surface area contributed by atoms with Crippen LogP contribution in [-0.2, 0) is 6.18 Å². The van der Waals surface area contributed by atoms with Crippen LogP contribution in [0, 0.1) is 0 Å². The number of alkyl halides is 6. The summed E-state index contributed by atoms with van der Waals surface area (Å²) in [5, 5.41) is 5.66. The van der Waals surface area contributed by atoms with Gasteiger partial charge in [-0.1, -0.05) is 23.7 Å². The fraction of sp³-hybridized carbons (Fsp3) is 0.273. The molecule has 0 atom stereocenters.